The van der Waals surface area contributed by atoms with E-state index in [2.05, 4.69) is 11.3 Å². The minimum absolute atomic E-state index is 0.248. The molecule has 0 aromatic rings. The monoisotopic (exact) mass is 247 g/mol. The summed E-state index contributed by atoms with van der Waals surface area (Å²) in [6, 6.07) is 0. The topological polar surface area (TPSA) is 83.5 Å². The van der Waals surface area contributed by atoms with E-state index in [1.54, 1.807) is 0 Å². The first kappa shape index (κ1) is 13.2. The highest BCUT2D eigenvalue weighted by Crippen LogP contribution is 2.29. The third kappa shape index (κ3) is 3.05. The number of rotatable bonds is 5. The molecule has 0 aromatic heterocycles. The second kappa shape index (κ2) is 4.97. The predicted octanol–water partition coefficient (Wildman–Crippen LogP) is 0.879. The first-order valence-electron chi connectivity index (χ1n) is 5.28. The van der Waals surface area contributed by atoms with E-state index in [4.69, 9.17) is 5.11 Å². The van der Waals surface area contributed by atoms with Crippen molar-refractivity contribution in [3.05, 3.63) is 12.7 Å². The van der Waals surface area contributed by atoms with Gasteiger partial charge in [-0.25, -0.2) is 8.42 Å². The van der Waals surface area contributed by atoms with Crippen molar-refractivity contribution >= 4 is 16.0 Å². The predicted molar refractivity (Wildman–Crippen MR) is 60.6 cm³/mol. The van der Waals surface area contributed by atoms with E-state index in [0.29, 0.717) is 12.8 Å². The molecule has 1 rings (SSSR count). The second-order valence-electron chi connectivity index (χ2n) is 4.12. The molecule has 92 valence electrons. The van der Waals surface area contributed by atoms with Gasteiger partial charge in [-0.1, -0.05) is 25.3 Å². The van der Waals surface area contributed by atoms with Crippen LogP contribution in [0.3, 0.4) is 0 Å². The maximum absolute atomic E-state index is 11.6. The fourth-order valence-corrected chi connectivity index (χ4v) is 3.29. The lowest BCUT2D eigenvalue weighted by atomic mass is 9.83. The first-order valence-corrected chi connectivity index (χ1v) is 6.93. The van der Waals surface area contributed by atoms with Gasteiger partial charge < -0.3 is 5.11 Å². The number of hydrogen-bond donors (Lipinski definition) is 2. The number of carboxylic acid groups (broad SMARTS) is 1. The van der Waals surface area contributed by atoms with Gasteiger partial charge in [0.2, 0.25) is 10.0 Å². The van der Waals surface area contributed by atoms with Crippen LogP contribution in [0.1, 0.15) is 32.1 Å². The number of carboxylic acids is 1. The highest BCUT2D eigenvalue weighted by Gasteiger charge is 2.42. The van der Waals surface area contributed by atoms with Gasteiger partial charge in [-0.15, -0.1) is 6.58 Å². The summed E-state index contributed by atoms with van der Waals surface area (Å²) >= 11 is 0. The van der Waals surface area contributed by atoms with Crippen molar-refractivity contribution in [3.63, 3.8) is 0 Å². The molecule has 16 heavy (non-hydrogen) atoms. The average molecular weight is 247 g/mol. The summed E-state index contributed by atoms with van der Waals surface area (Å²) in [5.41, 5.74) is -1.31. The first-order chi connectivity index (χ1) is 7.42. The lowest BCUT2D eigenvalue weighted by Gasteiger charge is -2.33. The van der Waals surface area contributed by atoms with Crippen LogP contribution in [-0.4, -0.2) is 30.8 Å². The van der Waals surface area contributed by atoms with E-state index in [-0.39, 0.29) is 5.75 Å². The molecule has 2 N–H and O–H groups in total. The fraction of sp³-hybridized carbons (Fsp3) is 0.700. The zero-order valence-electron chi connectivity index (χ0n) is 9.11. The number of sulfonamides is 1. The summed E-state index contributed by atoms with van der Waals surface area (Å²) in [6.07, 6.45) is 4.40. The molecule has 1 aliphatic carbocycles. The summed E-state index contributed by atoms with van der Waals surface area (Å²) in [7, 11) is -3.58. The molecule has 0 heterocycles. The van der Waals surface area contributed by atoms with Crippen LogP contribution >= 0.6 is 0 Å². The van der Waals surface area contributed by atoms with Crippen molar-refractivity contribution < 1.29 is 18.3 Å². The zero-order chi connectivity index (χ0) is 12.2. The summed E-state index contributed by atoms with van der Waals surface area (Å²) < 4.78 is 25.4. The molecule has 0 amide bonds. The quantitative estimate of drug-likeness (QED) is 0.706. The third-order valence-electron chi connectivity index (χ3n) is 2.80. The summed E-state index contributed by atoms with van der Waals surface area (Å²) in [5, 5.41) is 9.17. The Bertz CT molecular complexity index is 368. The summed E-state index contributed by atoms with van der Waals surface area (Å²) in [6.45, 7) is 3.34. The molecule has 6 heteroatoms. The van der Waals surface area contributed by atoms with Gasteiger partial charge in [0.05, 0.1) is 5.75 Å². The van der Waals surface area contributed by atoms with E-state index in [1.165, 1.54) is 6.08 Å². The van der Waals surface area contributed by atoms with Gasteiger partial charge >= 0.3 is 5.97 Å². The van der Waals surface area contributed by atoms with E-state index in [0.717, 1.165) is 19.3 Å². The maximum atomic E-state index is 11.6. The van der Waals surface area contributed by atoms with Crippen LogP contribution < -0.4 is 4.72 Å². The molecule has 0 radical (unpaired) electrons. The van der Waals surface area contributed by atoms with Gasteiger partial charge in [0.25, 0.3) is 0 Å². The number of nitrogens with one attached hydrogen (secondary N) is 1. The minimum Gasteiger partial charge on any atom is -0.480 e. The van der Waals surface area contributed by atoms with Gasteiger partial charge in [-0.3, -0.25) is 4.79 Å². The summed E-state index contributed by atoms with van der Waals surface area (Å²) in [4.78, 5) is 11.2. The van der Waals surface area contributed by atoms with Crippen LogP contribution in [-0.2, 0) is 14.8 Å². The minimum atomic E-state index is -3.58. The lowest BCUT2D eigenvalue weighted by molar-refractivity contribution is -0.145. The lowest BCUT2D eigenvalue weighted by Crippen LogP contribution is -2.55. The Balaban J connectivity index is 2.87. The molecule has 0 aliphatic heterocycles. The highest BCUT2D eigenvalue weighted by atomic mass is 32.2. The van der Waals surface area contributed by atoms with Gasteiger partial charge in [-0.05, 0) is 12.8 Å². The molecular formula is C10H17NO4S. The summed E-state index contributed by atoms with van der Waals surface area (Å²) in [5.74, 6) is -1.33. The van der Waals surface area contributed by atoms with Crippen LogP contribution in [0.15, 0.2) is 12.7 Å². The normalized spacial score (nSPS) is 20.2. The van der Waals surface area contributed by atoms with Crippen molar-refractivity contribution in [1.82, 2.24) is 4.72 Å². The molecule has 1 aliphatic rings. The number of carbonyl (C=O) groups is 1. The fourth-order valence-electron chi connectivity index (χ4n) is 2.01. The van der Waals surface area contributed by atoms with Crippen molar-refractivity contribution in [2.75, 3.05) is 5.75 Å². The molecule has 0 aromatic carbocycles. The van der Waals surface area contributed by atoms with Crippen LogP contribution in [0.4, 0.5) is 0 Å². The van der Waals surface area contributed by atoms with Crippen molar-refractivity contribution in [2.45, 2.75) is 37.6 Å². The van der Waals surface area contributed by atoms with Crippen molar-refractivity contribution in [2.24, 2.45) is 0 Å². The Morgan fingerprint density at radius 2 is 1.94 bits per heavy atom. The van der Waals surface area contributed by atoms with Crippen molar-refractivity contribution in [3.8, 4) is 0 Å². The Hall–Kier alpha value is -0.880. The van der Waals surface area contributed by atoms with E-state index in [1.807, 2.05) is 0 Å². The largest absolute Gasteiger partial charge is 0.480 e. The zero-order valence-corrected chi connectivity index (χ0v) is 9.92. The van der Waals surface area contributed by atoms with E-state index < -0.39 is 21.5 Å². The van der Waals surface area contributed by atoms with Crippen LogP contribution in [0.5, 0.6) is 0 Å². The Kier molecular flexibility index (Phi) is 4.09. The molecule has 0 saturated heterocycles. The van der Waals surface area contributed by atoms with E-state index in [9.17, 15) is 13.2 Å². The highest BCUT2D eigenvalue weighted by molar-refractivity contribution is 7.89. The van der Waals surface area contributed by atoms with Gasteiger partial charge in [0.15, 0.2) is 0 Å². The Morgan fingerprint density at radius 3 is 2.38 bits per heavy atom. The molecule has 0 bridgehead atoms. The molecule has 0 atom stereocenters. The van der Waals surface area contributed by atoms with Gasteiger partial charge in [0, 0.05) is 0 Å². The molecule has 1 saturated carbocycles. The van der Waals surface area contributed by atoms with Crippen molar-refractivity contribution in [1.29, 1.82) is 0 Å². The van der Waals surface area contributed by atoms with Crippen LogP contribution in [0.2, 0.25) is 0 Å². The molecule has 1 fully saturated rings. The van der Waals surface area contributed by atoms with Gasteiger partial charge in [0.1, 0.15) is 5.54 Å². The molecule has 0 spiro atoms. The SMILES string of the molecule is C=CCS(=O)(=O)NC1(C(=O)O)CCCCC1. The Labute approximate surface area is 95.6 Å². The van der Waals surface area contributed by atoms with Crippen LogP contribution in [0, 0.1) is 0 Å². The van der Waals surface area contributed by atoms with Crippen LogP contribution in [0.25, 0.3) is 0 Å². The smallest absolute Gasteiger partial charge is 0.324 e. The molecular weight excluding hydrogens is 230 g/mol. The molecule has 0 unspecified atom stereocenters. The van der Waals surface area contributed by atoms with Gasteiger partial charge in [-0.2, -0.15) is 4.72 Å². The van der Waals surface area contributed by atoms with E-state index >= 15 is 0 Å². The third-order valence-corrected chi connectivity index (χ3v) is 4.18. The number of hydrogen-bond acceptors (Lipinski definition) is 3. The Morgan fingerprint density at radius 1 is 1.38 bits per heavy atom. The maximum Gasteiger partial charge on any atom is 0.324 e. The molecule has 5 nitrogen and oxygen atoms in total. The number of aliphatic carboxylic acids is 1. The standard InChI is InChI=1S/C10H17NO4S/c1-2-8-16(14,15)11-10(9(12)13)6-4-3-5-7-10/h2,11H,1,3-8H2,(H,12,13). The second-order valence-corrected chi connectivity index (χ2v) is 5.89. The average Bonchev–Trinajstić information content (AvgIpc) is 2.17.